The molecule has 0 N–H and O–H groups in total. The molecule has 0 aliphatic heterocycles. The highest BCUT2D eigenvalue weighted by Gasteiger charge is 2.21. The lowest BCUT2D eigenvalue weighted by molar-refractivity contribution is 0.0769. The van der Waals surface area contributed by atoms with Crippen LogP contribution in [0.4, 0.5) is 0 Å². The minimum absolute atomic E-state index is 0.102. The summed E-state index contributed by atoms with van der Waals surface area (Å²) in [7, 11) is -3.39. The van der Waals surface area contributed by atoms with Crippen LogP contribution in [0, 0.1) is 6.92 Å². The molecule has 0 aromatic heterocycles. The number of hydrogen-bond donors (Lipinski definition) is 0. The average molecular weight is 269 g/mol. The van der Waals surface area contributed by atoms with E-state index >= 15 is 0 Å². The second kappa shape index (κ2) is 5.52. The molecule has 1 aromatic carbocycles. The Morgan fingerprint density at radius 2 is 1.78 bits per heavy atom. The van der Waals surface area contributed by atoms with E-state index in [1.807, 2.05) is 20.8 Å². The number of hydrogen-bond acceptors (Lipinski definition) is 3. The zero-order valence-electron chi connectivity index (χ0n) is 11.2. The average Bonchev–Trinajstić information content (AvgIpc) is 2.28. The lowest BCUT2D eigenvalue weighted by Crippen LogP contribution is -2.31. The van der Waals surface area contributed by atoms with Gasteiger partial charge in [0.2, 0.25) is 0 Å². The van der Waals surface area contributed by atoms with Gasteiger partial charge in [0.15, 0.2) is 9.84 Å². The maximum absolute atomic E-state index is 12.3. The third-order valence-corrected chi connectivity index (χ3v) is 3.97. The molecule has 4 nitrogen and oxygen atoms in total. The first-order valence-electron chi connectivity index (χ1n) is 5.91. The Balaban J connectivity index is 3.39. The van der Waals surface area contributed by atoms with Crippen LogP contribution >= 0.6 is 0 Å². The first kappa shape index (κ1) is 14.7. The van der Waals surface area contributed by atoms with Gasteiger partial charge in [0, 0.05) is 19.3 Å². The molecule has 0 bridgehead atoms. The lowest BCUT2D eigenvalue weighted by Gasteiger charge is -2.20. The van der Waals surface area contributed by atoms with Crippen molar-refractivity contribution in [2.75, 3.05) is 19.3 Å². The van der Waals surface area contributed by atoms with E-state index in [9.17, 15) is 13.2 Å². The smallest absolute Gasteiger partial charge is 0.255 e. The largest absolute Gasteiger partial charge is 0.339 e. The van der Waals surface area contributed by atoms with Crippen LogP contribution in [0.2, 0.25) is 0 Å². The fraction of sp³-hybridized carbons (Fsp3) is 0.462. The Kier molecular flexibility index (Phi) is 4.51. The summed E-state index contributed by atoms with van der Waals surface area (Å²) in [6, 6.07) is 4.84. The topological polar surface area (TPSA) is 54.5 Å². The molecule has 0 heterocycles. The number of nitrogens with zero attached hydrogens (tertiary/aromatic N) is 1. The molecule has 0 spiro atoms. The molecule has 1 aromatic rings. The molecule has 0 radical (unpaired) electrons. The second-order valence-electron chi connectivity index (χ2n) is 4.25. The van der Waals surface area contributed by atoms with E-state index in [1.165, 1.54) is 6.07 Å². The minimum Gasteiger partial charge on any atom is -0.339 e. The van der Waals surface area contributed by atoms with Gasteiger partial charge in [0.25, 0.3) is 5.91 Å². The van der Waals surface area contributed by atoms with Crippen molar-refractivity contribution < 1.29 is 13.2 Å². The Labute approximate surface area is 109 Å². The van der Waals surface area contributed by atoms with Gasteiger partial charge in [-0.3, -0.25) is 4.79 Å². The van der Waals surface area contributed by atoms with Crippen molar-refractivity contribution in [2.45, 2.75) is 25.7 Å². The zero-order chi connectivity index (χ0) is 13.9. The summed E-state index contributed by atoms with van der Waals surface area (Å²) in [6.45, 7) is 6.71. The third-order valence-electron chi connectivity index (χ3n) is 2.82. The highest BCUT2D eigenvalue weighted by atomic mass is 32.2. The maximum Gasteiger partial charge on any atom is 0.255 e. The predicted molar refractivity (Wildman–Crippen MR) is 71.5 cm³/mol. The summed E-state index contributed by atoms with van der Waals surface area (Å²) in [5.41, 5.74) is 1.14. The number of aryl methyl sites for hydroxylation is 1. The quantitative estimate of drug-likeness (QED) is 0.838. The van der Waals surface area contributed by atoms with Crippen LogP contribution in [0.1, 0.15) is 29.8 Å². The van der Waals surface area contributed by atoms with Gasteiger partial charge < -0.3 is 4.90 Å². The SMILES string of the molecule is CCN(CC)C(=O)c1cc(C)ccc1S(C)(=O)=O. The Bertz CT molecular complexity index is 545. The number of rotatable bonds is 4. The molecule has 100 valence electrons. The van der Waals surface area contributed by atoms with E-state index < -0.39 is 9.84 Å². The van der Waals surface area contributed by atoms with Crippen LogP contribution in [0.5, 0.6) is 0 Å². The maximum atomic E-state index is 12.3. The van der Waals surface area contributed by atoms with Gasteiger partial charge in [-0.15, -0.1) is 0 Å². The van der Waals surface area contributed by atoms with Crippen molar-refractivity contribution >= 4 is 15.7 Å². The molecule has 0 saturated carbocycles. The van der Waals surface area contributed by atoms with Crippen LogP contribution in [0.25, 0.3) is 0 Å². The van der Waals surface area contributed by atoms with Gasteiger partial charge in [-0.1, -0.05) is 11.6 Å². The number of carbonyl (C=O) groups excluding carboxylic acids is 1. The second-order valence-corrected chi connectivity index (χ2v) is 6.23. The highest BCUT2D eigenvalue weighted by Crippen LogP contribution is 2.19. The molecule has 1 rings (SSSR count). The van der Waals surface area contributed by atoms with Crippen LogP contribution in [0.3, 0.4) is 0 Å². The van der Waals surface area contributed by atoms with Crippen LogP contribution < -0.4 is 0 Å². The lowest BCUT2D eigenvalue weighted by atomic mass is 10.1. The molecule has 0 atom stereocenters. The summed E-state index contributed by atoms with van der Waals surface area (Å²) in [4.78, 5) is 14.0. The minimum atomic E-state index is -3.39. The molecule has 5 heteroatoms. The Morgan fingerprint density at radius 3 is 2.22 bits per heavy atom. The van der Waals surface area contributed by atoms with Gasteiger partial charge in [0.05, 0.1) is 10.5 Å². The summed E-state index contributed by atoms with van der Waals surface area (Å²) >= 11 is 0. The molecular formula is C13H19NO3S. The van der Waals surface area contributed by atoms with Crippen molar-refractivity contribution in [3.8, 4) is 0 Å². The van der Waals surface area contributed by atoms with E-state index in [2.05, 4.69) is 0 Å². The standard InChI is InChI=1S/C13H19NO3S/c1-5-14(6-2)13(15)11-9-10(3)7-8-12(11)18(4,16)17/h7-9H,5-6H2,1-4H3. The van der Waals surface area contributed by atoms with E-state index in [0.717, 1.165) is 11.8 Å². The van der Waals surface area contributed by atoms with E-state index in [4.69, 9.17) is 0 Å². The van der Waals surface area contributed by atoms with Crippen molar-refractivity contribution in [1.82, 2.24) is 4.90 Å². The van der Waals surface area contributed by atoms with Gasteiger partial charge in [-0.25, -0.2) is 8.42 Å². The van der Waals surface area contributed by atoms with Gasteiger partial charge >= 0.3 is 0 Å². The summed E-state index contributed by atoms with van der Waals surface area (Å²) in [6.07, 6.45) is 1.12. The summed E-state index contributed by atoms with van der Waals surface area (Å²) in [5.74, 6) is -0.232. The monoisotopic (exact) mass is 269 g/mol. The predicted octanol–water partition coefficient (Wildman–Crippen LogP) is 1.88. The highest BCUT2D eigenvalue weighted by molar-refractivity contribution is 7.90. The summed E-state index contributed by atoms with van der Waals surface area (Å²) in [5, 5.41) is 0. The number of sulfone groups is 1. The van der Waals surface area contributed by atoms with Crippen molar-refractivity contribution in [1.29, 1.82) is 0 Å². The molecule has 0 aliphatic rings. The van der Waals surface area contributed by atoms with Crippen molar-refractivity contribution in [2.24, 2.45) is 0 Å². The first-order chi connectivity index (χ1) is 8.31. The molecule has 0 aliphatic carbocycles. The van der Waals surface area contributed by atoms with E-state index in [-0.39, 0.29) is 16.4 Å². The van der Waals surface area contributed by atoms with Crippen LogP contribution in [-0.2, 0) is 9.84 Å². The van der Waals surface area contributed by atoms with E-state index in [0.29, 0.717) is 13.1 Å². The number of carbonyl (C=O) groups is 1. The normalized spacial score (nSPS) is 11.3. The molecule has 18 heavy (non-hydrogen) atoms. The van der Waals surface area contributed by atoms with E-state index in [1.54, 1.807) is 17.0 Å². The molecular weight excluding hydrogens is 250 g/mol. The van der Waals surface area contributed by atoms with Crippen molar-refractivity contribution in [3.05, 3.63) is 29.3 Å². The number of amides is 1. The molecule has 0 fully saturated rings. The van der Waals surface area contributed by atoms with Gasteiger partial charge in [0.1, 0.15) is 0 Å². The first-order valence-corrected chi connectivity index (χ1v) is 7.80. The molecule has 0 saturated heterocycles. The van der Waals surface area contributed by atoms with Crippen LogP contribution in [-0.4, -0.2) is 38.6 Å². The summed E-state index contributed by atoms with van der Waals surface area (Å²) < 4.78 is 23.4. The van der Waals surface area contributed by atoms with Crippen LogP contribution in [0.15, 0.2) is 23.1 Å². The van der Waals surface area contributed by atoms with Crippen molar-refractivity contribution in [3.63, 3.8) is 0 Å². The van der Waals surface area contributed by atoms with Gasteiger partial charge in [-0.05, 0) is 32.9 Å². The fourth-order valence-electron chi connectivity index (χ4n) is 1.82. The Hall–Kier alpha value is -1.36. The number of benzene rings is 1. The molecule has 0 unspecified atom stereocenters. The molecule has 1 amide bonds. The zero-order valence-corrected chi connectivity index (χ0v) is 12.0. The van der Waals surface area contributed by atoms with Gasteiger partial charge in [-0.2, -0.15) is 0 Å². The Morgan fingerprint density at radius 1 is 1.22 bits per heavy atom. The third kappa shape index (κ3) is 3.10. The fourth-order valence-corrected chi connectivity index (χ4v) is 2.68.